The number of hydrogen-bond acceptors (Lipinski definition) is 3. The first kappa shape index (κ1) is 19.2. The van der Waals surface area contributed by atoms with Crippen LogP contribution < -0.4 is 15.4 Å². The highest BCUT2D eigenvalue weighted by molar-refractivity contribution is 6.02. The molecular weight excluding hydrogens is 328 g/mol. The van der Waals surface area contributed by atoms with Gasteiger partial charge in [0.2, 0.25) is 11.8 Å². The molecule has 0 saturated carbocycles. The van der Waals surface area contributed by atoms with Gasteiger partial charge in [0.1, 0.15) is 5.75 Å². The Morgan fingerprint density at radius 1 is 1.08 bits per heavy atom. The number of ether oxygens (including phenoxy) is 1. The summed E-state index contributed by atoms with van der Waals surface area (Å²) < 4.78 is 5.58. The molecule has 0 atom stereocenters. The molecule has 2 aromatic carbocycles. The summed E-state index contributed by atoms with van der Waals surface area (Å²) in [6, 6.07) is 12.9. The molecule has 2 N–H and O–H groups in total. The molecule has 0 aromatic heterocycles. The van der Waals surface area contributed by atoms with Crippen LogP contribution in [0.5, 0.6) is 5.75 Å². The molecule has 0 fully saturated rings. The van der Waals surface area contributed by atoms with Gasteiger partial charge < -0.3 is 15.4 Å². The lowest BCUT2D eigenvalue weighted by Gasteiger charge is -2.10. The van der Waals surface area contributed by atoms with E-state index in [9.17, 15) is 9.59 Å². The number of carbonyl (C=O) groups is 2. The molecular formula is C21H24N2O3. The van der Waals surface area contributed by atoms with Gasteiger partial charge in [-0.1, -0.05) is 19.1 Å². The van der Waals surface area contributed by atoms with Gasteiger partial charge >= 0.3 is 0 Å². The topological polar surface area (TPSA) is 67.4 Å². The van der Waals surface area contributed by atoms with Gasteiger partial charge in [-0.05, 0) is 60.9 Å². The Labute approximate surface area is 154 Å². The fourth-order valence-electron chi connectivity index (χ4n) is 2.31. The Balaban J connectivity index is 1.95. The van der Waals surface area contributed by atoms with Crippen molar-refractivity contribution in [3.63, 3.8) is 0 Å². The molecule has 26 heavy (non-hydrogen) atoms. The van der Waals surface area contributed by atoms with Crippen LogP contribution in [0, 0.1) is 6.92 Å². The normalized spacial score (nSPS) is 10.6. The van der Waals surface area contributed by atoms with E-state index in [0.717, 1.165) is 34.7 Å². The number of benzene rings is 2. The number of carbonyl (C=O) groups excluding carboxylic acids is 2. The van der Waals surface area contributed by atoms with Crippen molar-refractivity contribution in [2.45, 2.75) is 27.2 Å². The van der Waals surface area contributed by atoms with E-state index in [0.29, 0.717) is 6.61 Å². The third-order valence-electron chi connectivity index (χ3n) is 3.59. The number of nitrogens with one attached hydrogen (secondary N) is 2. The summed E-state index contributed by atoms with van der Waals surface area (Å²) in [5, 5.41) is 5.56. The highest BCUT2D eigenvalue weighted by atomic mass is 16.5. The van der Waals surface area contributed by atoms with Gasteiger partial charge in [-0.3, -0.25) is 9.59 Å². The van der Waals surface area contributed by atoms with Crippen molar-refractivity contribution in [3.05, 3.63) is 59.7 Å². The van der Waals surface area contributed by atoms with Crippen molar-refractivity contribution < 1.29 is 14.3 Å². The van der Waals surface area contributed by atoms with Crippen LogP contribution in [0.4, 0.5) is 11.4 Å². The predicted octanol–water partition coefficient (Wildman–Crippen LogP) is 4.39. The minimum atomic E-state index is -0.207. The van der Waals surface area contributed by atoms with Crippen molar-refractivity contribution >= 4 is 29.3 Å². The highest BCUT2D eigenvalue weighted by Crippen LogP contribution is 2.21. The second-order valence-electron chi connectivity index (χ2n) is 5.95. The van der Waals surface area contributed by atoms with Crippen LogP contribution in [-0.4, -0.2) is 18.4 Å². The summed E-state index contributed by atoms with van der Waals surface area (Å²) in [6.45, 7) is 6.12. The molecule has 5 heteroatoms. The fourth-order valence-corrected chi connectivity index (χ4v) is 2.31. The maximum Gasteiger partial charge on any atom is 0.248 e. The zero-order valence-corrected chi connectivity index (χ0v) is 15.3. The molecule has 2 rings (SSSR count). The number of amides is 2. The van der Waals surface area contributed by atoms with E-state index in [1.54, 1.807) is 18.2 Å². The van der Waals surface area contributed by atoms with E-state index in [-0.39, 0.29) is 11.8 Å². The van der Waals surface area contributed by atoms with Crippen LogP contribution in [0.25, 0.3) is 6.08 Å². The van der Waals surface area contributed by atoms with Gasteiger partial charge in [0.05, 0.1) is 6.61 Å². The molecule has 5 nitrogen and oxygen atoms in total. The third-order valence-corrected chi connectivity index (χ3v) is 3.59. The quantitative estimate of drug-likeness (QED) is 0.726. The van der Waals surface area contributed by atoms with Crippen molar-refractivity contribution in [1.82, 2.24) is 0 Å². The number of aryl methyl sites for hydroxylation is 1. The highest BCUT2D eigenvalue weighted by Gasteiger charge is 2.04. The van der Waals surface area contributed by atoms with Crippen LogP contribution in [-0.2, 0) is 9.59 Å². The Bertz CT molecular complexity index is 795. The van der Waals surface area contributed by atoms with Gasteiger partial charge in [0, 0.05) is 24.4 Å². The molecule has 0 spiro atoms. The van der Waals surface area contributed by atoms with Crippen LogP contribution in [0.15, 0.2) is 48.5 Å². The molecule has 0 radical (unpaired) electrons. The summed E-state index contributed by atoms with van der Waals surface area (Å²) in [6.07, 6.45) is 4.16. The van der Waals surface area contributed by atoms with Gasteiger partial charge in [-0.2, -0.15) is 0 Å². The molecule has 0 aliphatic carbocycles. The van der Waals surface area contributed by atoms with Gasteiger partial charge in [-0.15, -0.1) is 0 Å². The van der Waals surface area contributed by atoms with Gasteiger partial charge in [0.25, 0.3) is 0 Å². The van der Waals surface area contributed by atoms with E-state index in [1.807, 2.05) is 37.3 Å². The SMILES string of the molecule is CCCOc1ccc(NC(=O)C=Cc2ccc(NC(C)=O)cc2)c(C)c1. The first-order chi connectivity index (χ1) is 12.5. The minimum Gasteiger partial charge on any atom is -0.494 e. The number of rotatable bonds is 7. The second-order valence-corrected chi connectivity index (χ2v) is 5.95. The summed E-state index contributed by atoms with van der Waals surface area (Å²) >= 11 is 0. The smallest absolute Gasteiger partial charge is 0.248 e. The Kier molecular flexibility index (Phi) is 6.97. The van der Waals surface area contributed by atoms with Crippen LogP contribution in [0.2, 0.25) is 0 Å². The zero-order valence-electron chi connectivity index (χ0n) is 15.3. The average molecular weight is 352 g/mol. The zero-order chi connectivity index (χ0) is 18.9. The number of anilines is 2. The van der Waals surface area contributed by atoms with Crippen molar-refractivity contribution in [2.24, 2.45) is 0 Å². The lowest BCUT2D eigenvalue weighted by atomic mass is 10.1. The third kappa shape index (κ3) is 6.09. The molecule has 0 aliphatic rings. The van der Waals surface area contributed by atoms with Crippen LogP contribution in [0.1, 0.15) is 31.4 Å². The van der Waals surface area contributed by atoms with E-state index in [1.165, 1.54) is 13.0 Å². The monoisotopic (exact) mass is 352 g/mol. The standard InChI is InChI=1S/C21H24N2O3/c1-4-13-26-19-10-11-20(15(2)14-19)23-21(25)12-7-17-5-8-18(9-6-17)22-16(3)24/h5-12,14H,4,13H2,1-3H3,(H,22,24)(H,23,25). The second kappa shape index (κ2) is 9.42. The van der Waals surface area contributed by atoms with E-state index < -0.39 is 0 Å². The van der Waals surface area contributed by atoms with Crippen molar-refractivity contribution in [3.8, 4) is 5.75 Å². The average Bonchev–Trinajstić information content (AvgIpc) is 2.61. The van der Waals surface area contributed by atoms with Crippen molar-refractivity contribution in [2.75, 3.05) is 17.2 Å². The van der Waals surface area contributed by atoms with E-state index >= 15 is 0 Å². The fraction of sp³-hybridized carbons (Fsp3) is 0.238. The van der Waals surface area contributed by atoms with Crippen LogP contribution in [0.3, 0.4) is 0 Å². The summed E-state index contributed by atoms with van der Waals surface area (Å²) in [5.74, 6) is 0.479. The molecule has 0 bridgehead atoms. The molecule has 0 unspecified atom stereocenters. The Morgan fingerprint density at radius 3 is 2.42 bits per heavy atom. The molecule has 2 amide bonds. The largest absolute Gasteiger partial charge is 0.494 e. The van der Waals surface area contributed by atoms with E-state index in [4.69, 9.17) is 4.74 Å². The van der Waals surface area contributed by atoms with Gasteiger partial charge in [-0.25, -0.2) is 0 Å². The molecule has 0 heterocycles. The summed E-state index contributed by atoms with van der Waals surface area (Å²) in [5.41, 5.74) is 3.29. The van der Waals surface area contributed by atoms with Gasteiger partial charge in [0.15, 0.2) is 0 Å². The summed E-state index contributed by atoms with van der Waals surface area (Å²) in [7, 11) is 0. The van der Waals surface area contributed by atoms with Crippen LogP contribution >= 0.6 is 0 Å². The molecule has 2 aromatic rings. The lowest BCUT2D eigenvalue weighted by Crippen LogP contribution is -2.09. The maximum atomic E-state index is 12.1. The Morgan fingerprint density at radius 2 is 1.81 bits per heavy atom. The molecule has 136 valence electrons. The Hall–Kier alpha value is -3.08. The molecule has 0 aliphatic heterocycles. The lowest BCUT2D eigenvalue weighted by molar-refractivity contribution is -0.114. The minimum absolute atomic E-state index is 0.117. The van der Waals surface area contributed by atoms with E-state index in [2.05, 4.69) is 17.6 Å². The predicted molar refractivity (Wildman–Crippen MR) is 105 cm³/mol. The molecule has 0 saturated heterocycles. The number of hydrogen-bond donors (Lipinski definition) is 2. The summed E-state index contributed by atoms with van der Waals surface area (Å²) in [4.78, 5) is 23.1. The maximum absolute atomic E-state index is 12.1. The first-order valence-electron chi connectivity index (χ1n) is 8.58. The van der Waals surface area contributed by atoms with Crippen molar-refractivity contribution in [1.29, 1.82) is 0 Å². The first-order valence-corrected chi connectivity index (χ1v) is 8.58.